The SMILES string of the molecule is O=C(Nc1ccc([N+](=O)[O-])cc1)N1CCCC1CO. The number of aliphatic hydroxyl groups excluding tert-OH is 1. The Balaban J connectivity index is 2.00. The van der Waals surface area contributed by atoms with E-state index >= 15 is 0 Å². The van der Waals surface area contributed by atoms with Crippen molar-refractivity contribution in [2.24, 2.45) is 0 Å². The quantitative estimate of drug-likeness (QED) is 0.640. The molecule has 1 atom stereocenters. The summed E-state index contributed by atoms with van der Waals surface area (Å²) in [5, 5.41) is 22.3. The highest BCUT2D eigenvalue weighted by Gasteiger charge is 2.27. The van der Waals surface area contributed by atoms with Crippen LogP contribution in [0.15, 0.2) is 24.3 Å². The van der Waals surface area contributed by atoms with E-state index in [1.807, 2.05) is 0 Å². The van der Waals surface area contributed by atoms with E-state index in [0.29, 0.717) is 12.2 Å². The van der Waals surface area contributed by atoms with Crippen LogP contribution in [0, 0.1) is 10.1 Å². The number of amides is 2. The number of likely N-dealkylation sites (tertiary alicyclic amines) is 1. The molecule has 0 aromatic heterocycles. The summed E-state index contributed by atoms with van der Waals surface area (Å²) < 4.78 is 0. The molecular weight excluding hydrogens is 250 g/mol. The lowest BCUT2D eigenvalue weighted by molar-refractivity contribution is -0.384. The summed E-state index contributed by atoms with van der Waals surface area (Å²) in [6, 6.07) is 5.22. The molecule has 1 aliphatic rings. The number of nitro benzene ring substituents is 1. The van der Waals surface area contributed by atoms with E-state index in [1.54, 1.807) is 4.90 Å². The van der Waals surface area contributed by atoms with Crippen LogP contribution in [-0.4, -0.2) is 40.2 Å². The molecule has 7 nitrogen and oxygen atoms in total. The zero-order valence-electron chi connectivity index (χ0n) is 10.3. The maximum atomic E-state index is 12.0. The predicted molar refractivity (Wildman–Crippen MR) is 68.9 cm³/mol. The van der Waals surface area contributed by atoms with E-state index < -0.39 is 4.92 Å². The highest BCUT2D eigenvalue weighted by molar-refractivity contribution is 5.89. The molecule has 0 radical (unpaired) electrons. The molecule has 1 unspecified atom stereocenters. The molecule has 102 valence electrons. The second-order valence-electron chi connectivity index (χ2n) is 4.41. The zero-order valence-corrected chi connectivity index (χ0v) is 10.3. The van der Waals surface area contributed by atoms with Gasteiger partial charge >= 0.3 is 6.03 Å². The van der Waals surface area contributed by atoms with Crippen molar-refractivity contribution < 1.29 is 14.8 Å². The van der Waals surface area contributed by atoms with Crippen molar-refractivity contribution in [2.75, 3.05) is 18.5 Å². The van der Waals surface area contributed by atoms with Gasteiger partial charge in [0.25, 0.3) is 5.69 Å². The normalized spacial score (nSPS) is 18.4. The lowest BCUT2D eigenvalue weighted by atomic mass is 10.2. The first-order chi connectivity index (χ1) is 9.11. The van der Waals surface area contributed by atoms with Gasteiger partial charge in [0, 0.05) is 24.4 Å². The standard InChI is InChI=1S/C12H15N3O4/c16-8-11-2-1-7-14(11)12(17)13-9-3-5-10(6-4-9)15(18)19/h3-6,11,16H,1-2,7-8H2,(H,13,17). The third-order valence-electron chi connectivity index (χ3n) is 3.18. The number of nitro groups is 1. The minimum Gasteiger partial charge on any atom is -0.394 e. The van der Waals surface area contributed by atoms with E-state index in [0.717, 1.165) is 12.8 Å². The molecule has 19 heavy (non-hydrogen) atoms. The minimum absolute atomic E-state index is 0.0209. The average Bonchev–Trinajstić information content (AvgIpc) is 2.87. The number of hydrogen-bond donors (Lipinski definition) is 2. The van der Waals surface area contributed by atoms with Gasteiger partial charge in [-0.05, 0) is 25.0 Å². The van der Waals surface area contributed by atoms with Gasteiger partial charge in [-0.25, -0.2) is 4.79 Å². The molecule has 2 rings (SSSR count). The van der Waals surface area contributed by atoms with E-state index in [2.05, 4.69) is 5.32 Å². The average molecular weight is 265 g/mol. The molecule has 0 spiro atoms. The highest BCUT2D eigenvalue weighted by atomic mass is 16.6. The van der Waals surface area contributed by atoms with Crippen LogP contribution < -0.4 is 5.32 Å². The van der Waals surface area contributed by atoms with E-state index in [-0.39, 0.29) is 24.4 Å². The first kappa shape index (κ1) is 13.3. The number of urea groups is 1. The Morgan fingerprint density at radius 2 is 2.16 bits per heavy atom. The molecule has 1 aromatic rings. The van der Waals surface area contributed by atoms with Gasteiger partial charge in [-0.2, -0.15) is 0 Å². The van der Waals surface area contributed by atoms with Crippen LogP contribution in [0.1, 0.15) is 12.8 Å². The first-order valence-corrected chi connectivity index (χ1v) is 6.05. The molecule has 7 heteroatoms. The van der Waals surface area contributed by atoms with Crippen LogP contribution in [0.25, 0.3) is 0 Å². The summed E-state index contributed by atoms with van der Waals surface area (Å²) in [6.07, 6.45) is 1.67. The van der Waals surface area contributed by atoms with Gasteiger partial charge < -0.3 is 15.3 Å². The summed E-state index contributed by atoms with van der Waals surface area (Å²) in [4.78, 5) is 23.6. The Labute approximate surface area is 110 Å². The Morgan fingerprint density at radius 1 is 1.47 bits per heavy atom. The molecule has 1 heterocycles. The fraction of sp³-hybridized carbons (Fsp3) is 0.417. The molecule has 0 saturated carbocycles. The number of aliphatic hydroxyl groups is 1. The number of benzene rings is 1. The van der Waals surface area contributed by atoms with Gasteiger partial charge in [0.2, 0.25) is 0 Å². The zero-order chi connectivity index (χ0) is 13.8. The van der Waals surface area contributed by atoms with Crippen molar-refractivity contribution >= 4 is 17.4 Å². The predicted octanol–water partition coefficient (Wildman–Crippen LogP) is 1.58. The van der Waals surface area contributed by atoms with Gasteiger partial charge in [-0.15, -0.1) is 0 Å². The van der Waals surface area contributed by atoms with Crippen LogP contribution in [0.3, 0.4) is 0 Å². The van der Waals surface area contributed by atoms with Crippen LogP contribution in [-0.2, 0) is 0 Å². The minimum atomic E-state index is -0.492. The number of nitrogens with zero attached hydrogens (tertiary/aromatic N) is 2. The van der Waals surface area contributed by atoms with Crippen LogP contribution in [0.2, 0.25) is 0 Å². The molecule has 0 aliphatic carbocycles. The molecular formula is C12H15N3O4. The fourth-order valence-electron chi connectivity index (χ4n) is 2.15. The van der Waals surface area contributed by atoms with Crippen LogP contribution in [0.5, 0.6) is 0 Å². The van der Waals surface area contributed by atoms with Crippen molar-refractivity contribution in [1.29, 1.82) is 0 Å². The topological polar surface area (TPSA) is 95.7 Å². The van der Waals surface area contributed by atoms with Gasteiger partial charge in [0.1, 0.15) is 0 Å². The third-order valence-corrected chi connectivity index (χ3v) is 3.18. The lowest BCUT2D eigenvalue weighted by Gasteiger charge is -2.23. The molecule has 0 bridgehead atoms. The van der Waals surface area contributed by atoms with Crippen LogP contribution in [0.4, 0.5) is 16.2 Å². The van der Waals surface area contributed by atoms with Gasteiger partial charge in [-0.3, -0.25) is 10.1 Å². The maximum Gasteiger partial charge on any atom is 0.322 e. The van der Waals surface area contributed by atoms with E-state index in [4.69, 9.17) is 5.11 Å². The summed E-state index contributed by atoms with van der Waals surface area (Å²) in [6.45, 7) is 0.567. The van der Waals surface area contributed by atoms with Crippen molar-refractivity contribution in [3.05, 3.63) is 34.4 Å². The summed E-state index contributed by atoms with van der Waals surface area (Å²) in [7, 11) is 0. The number of carbonyl (C=O) groups is 1. The monoisotopic (exact) mass is 265 g/mol. The highest BCUT2D eigenvalue weighted by Crippen LogP contribution is 2.20. The Kier molecular flexibility index (Phi) is 3.96. The third kappa shape index (κ3) is 3.00. The summed E-state index contributed by atoms with van der Waals surface area (Å²) in [5.41, 5.74) is 0.478. The number of anilines is 1. The Hall–Kier alpha value is -2.15. The van der Waals surface area contributed by atoms with Gasteiger partial charge in [0.05, 0.1) is 17.6 Å². The smallest absolute Gasteiger partial charge is 0.322 e. The second kappa shape index (κ2) is 5.66. The van der Waals surface area contributed by atoms with Crippen LogP contribution >= 0.6 is 0 Å². The van der Waals surface area contributed by atoms with Crippen molar-refractivity contribution in [2.45, 2.75) is 18.9 Å². The van der Waals surface area contributed by atoms with Gasteiger partial charge in [0.15, 0.2) is 0 Å². The largest absolute Gasteiger partial charge is 0.394 e. The second-order valence-corrected chi connectivity index (χ2v) is 4.41. The summed E-state index contributed by atoms with van der Waals surface area (Å²) >= 11 is 0. The molecule has 1 aliphatic heterocycles. The van der Waals surface area contributed by atoms with E-state index in [1.165, 1.54) is 24.3 Å². The maximum absolute atomic E-state index is 12.0. The van der Waals surface area contributed by atoms with Crippen molar-refractivity contribution in [3.63, 3.8) is 0 Å². The summed E-state index contributed by atoms with van der Waals surface area (Å²) in [5.74, 6) is 0. The Morgan fingerprint density at radius 3 is 2.74 bits per heavy atom. The molecule has 1 saturated heterocycles. The number of non-ortho nitro benzene ring substituents is 1. The lowest BCUT2D eigenvalue weighted by Crippen LogP contribution is -2.40. The van der Waals surface area contributed by atoms with E-state index in [9.17, 15) is 14.9 Å². The molecule has 2 N–H and O–H groups in total. The molecule has 1 aromatic carbocycles. The number of rotatable bonds is 3. The first-order valence-electron chi connectivity index (χ1n) is 6.05. The van der Waals surface area contributed by atoms with Crippen molar-refractivity contribution in [1.82, 2.24) is 4.90 Å². The van der Waals surface area contributed by atoms with Crippen molar-refractivity contribution in [3.8, 4) is 0 Å². The number of nitrogens with one attached hydrogen (secondary N) is 1. The Bertz CT molecular complexity index is 474. The fourth-order valence-corrected chi connectivity index (χ4v) is 2.15. The van der Waals surface area contributed by atoms with Gasteiger partial charge in [-0.1, -0.05) is 0 Å². The molecule has 1 fully saturated rings. The molecule has 2 amide bonds. The number of hydrogen-bond acceptors (Lipinski definition) is 4. The number of carbonyl (C=O) groups excluding carboxylic acids is 1.